The van der Waals surface area contributed by atoms with Crippen molar-refractivity contribution in [2.75, 3.05) is 20.7 Å². The summed E-state index contributed by atoms with van der Waals surface area (Å²) in [4.78, 5) is 21.7. The Morgan fingerprint density at radius 2 is 2.23 bits per heavy atom. The number of nitrogens with zero attached hydrogens (tertiary/aromatic N) is 2. The van der Waals surface area contributed by atoms with Gasteiger partial charge in [-0.15, -0.1) is 0 Å². The minimum atomic E-state index is -0.133. The number of aryl methyl sites for hydroxylation is 1. The van der Waals surface area contributed by atoms with Gasteiger partial charge in [-0.05, 0) is 26.0 Å². The van der Waals surface area contributed by atoms with Gasteiger partial charge in [0.2, 0.25) is 0 Å². The summed E-state index contributed by atoms with van der Waals surface area (Å²) in [5, 5.41) is 0.630. The van der Waals surface area contributed by atoms with E-state index in [9.17, 15) is 4.79 Å². The van der Waals surface area contributed by atoms with Gasteiger partial charge in [-0.3, -0.25) is 4.79 Å². The Kier molecular flexibility index (Phi) is 5.21. The van der Waals surface area contributed by atoms with Crippen molar-refractivity contribution in [2.24, 2.45) is 0 Å². The monoisotopic (exact) mass is 321 g/mol. The Morgan fingerprint density at radius 3 is 2.86 bits per heavy atom. The van der Waals surface area contributed by atoms with Crippen molar-refractivity contribution >= 4 is 17.5 Å². The zero-order valence-corrected chi connectivity index (χ0v) is 13.9. The smallest absolute Gasteiger partial charge is 0.274 e. The largest absolute Gasteiger partial charge is 0.380 e. The molecule has 1 heterocycles. The molecule has 1 atom stereocenters. The van der Waals surface area contributed by atoms with Gasteiger partial charge in [0.15, 0.2) is 0 Å². The summed E-state index contributed by atoms with van der Waals surface area (Å²) in [6, 6.07) is 7.36. The zero-order valence-electron chi connectivity index (χ0n) is 13.2. The first-order valence-corrected chi connectivity index (χ1v) is 7.41. The van der Waals surface area contributed by atoms with Crippen LogP contribution in [0.4, 0.5) is 0 Å². The molecule has 0 aliphatic carbocycles. The Balaban J connectivity index is 2.24. The lowest BCUT2D eigenvalue weighted by molar-refractivity contribution is 0.0595. The summed E-state index contributed by atoms with van der Waals surface area (Å²) in [5.74, 6) is 0.502. The molecular formula is C16H20ClN3O2. The topological polar surface area (TPSA) is 58.2 Å². The summed E-state index contributed by atoms with van der Waals surface area (Å²) in [6.07, 6.45) is -0.0272. The molecule has 1 aromatic heterocycles. The second kappa shape index (κ2) is 6.94. The van der Waals surface area contributed by atoms with Crippen molar-refractivity contribution in [3.05, 3.63) is 40.7 Å². The van der Waals surface area contributed by atoms with Crippen molar-refractivity contribution in [3.63, 3.8) is 0 Å². The lowest BCUT2D eigenvalue weighted by Gasteiger charge is -2.20. The summed E-state index contributed by atoms with van der Waals surface area (Å²) in [7, 11) is 3.37. The lowest BCUT2D eigenvalue weighted by atomic mass is 10.2. The molecule has 6 heteroatoms. The van der Waals surface area contributed by atoms with Crippen LogP contribution in [0.15, 0.2) is 24.3 Å². The number of methoxy groups -OCH3 is 1. The maximum Gasteiger partial charge on any atom is 0.274 e. The van der Waals surface area contributed by atoms with E-state index in [0.29, 0.717) is 23.1 Å². The van der Waals surface area contributed by atoms with E-state index in [1.54, 1.807) is 25.1 Å². The number of carbonyl (C=O) groups is 1. The molecule has 0 aliphatic heterocycles. The molecule has 1 aromatic carbocycles. The average molecular weight is 322 g/mol. The number of benzene rings is 1. The molecule has 2 rings (SSSR count). The molecule has 1 unspecified atom stereocenters. The fourth-order valence-corrected chi connectivity index (χ4v) is 2.36. The molecular weight excluding hydrogens is 302 g/mol. The average Bonchev–Trinajstić information content (AvgIpc) is 2.88. The molecule has 2 aromatic rings. The number of likely N-dealkylation sites (N-methyl/N-ethyl adjacent to an activating group) is 1. The van der Waals surface area contributed by atoms with Crippen LogP contribution in [-0.2, 0) is 4.74 Å². The van der Waals surface area contributed by atoms with Crippen LogP contribution in [0.2, 0.25) is 5.02 Å². The molecule has 118 valence electrons. The van der Waals surface area contributed by atoms with Gasteiger partial charge in [-0.1, -0.05) is 23.7 Å². The predicted octanol–water partition coefficient (Wildman–Crippen LogP) is 3.15. The highest BCUT2D eigenvalue weighted by Crippen LogP contribution is 2.22. The maximum absolute atomic E-state index is 12.5. The molecule has 0 radical (unpaired) electrons. The zero-order chi connectivity index (χ0) is 16.3. The number of hydrogen-bond acceptors (Lipinski definition) is 3. The summed E-state index contributed by atoms with van der Waals surface area (Å²) < 4.78 is 5.19. The fourth-order valence-electron chi connectivity index (χ4n) is 2.17. The normalized spacial score (nSPS) is 12.2. The molecule has 1 amide bonds. The molecule has 0 spiro atoms. The number of amides is 1. The highest BCUT2D eigenvalue weighted by Gasteiger charge is 2.20. The number of ether oxygens (including phenoxy) is 1. The van der Waals surface area contributed by atoms with Crippen molar-refractivity contribution in [3.8, 4) is 11.4 Å². The molecule has 5 nitrogen and oxygen atoms in total. The van der Waals surface area contributed by atoms with Crippen LogP contribution in [0.3, 0.4) is 0 Å². The Hall–Kier alpha value is -1.85. The predicted molar refractivity (Wildman–Crippen MR) is 87.2 cm³/mol. The van der Waals surface area contributed by atoms with Crippen LogP contribution in [0.5, 0.6) is 0 Å². The van der Waals surface area contributed by atoms with Gasteiger partial charge in [-0.25, -0.2) is 4.98 Å². The SMILES string of the molecule is COC(C)CN(C)C(=O)c1nc(-c2cccc(Cl)c2)[nH]c1C. The van der Waals surface area contributed by atoms with E-state index in [0.717, 1.165) is 11.3 Å². The van der Waals surface area contributed by atoms with Gasteiger partial charge in [0.05, 0.1) is 6.10 Å². The molecule has 0 saturated heterocycles. The standard InChI is InChI=1S/C16H20ClN3O2/c1-10(22-4)9-20(3)16(21)14-11(2)18-15(19-14)12-6-5-7-13(17)8-12/h5-8,10H,9H2,1-4H3,(H,18,19). The first kappa shape index (κ1) is 16.5. The van der Waals surface area contributed by atoms with Crippen LogP contribution in [0.25, 0.3) is 11.4 Å². The Morgan fingerprint density at radius 1 is 1.50 bits per heavy atom. The molecule has 0 aliphatic rings. The molecule has 0 saturated carbocycles. The molecule has 22 heavy (non-hydrogen) atoms. The van der Waals surface area contributed by atoms with Crippen LogP contribution in [0.1, 0.15) is 23.1 Å². The number of aromatic amines is 1. The number of carbonyl (C=O) groups excluding carboxylic acids is 1. The highest BCUT2D eigenvalue weighted by atomic mass is 35.5. The summed E-state index contributed by atoms with van der Waals surface area (Å²) in [5.41, 5.74) is 2.00. The minimum Gasteiger partial charge on any atom is -0.380 e. The van der Waals surface area contributed by atoms with Gasteiger partial charge >= 0.3 is 0 Å². The van der Waals surface area contributed by atoms with Gasteiger partial charge < -0.3 is 14.6 Å². The van der Waals surface area contributed by atoms with Gasteiger partial charge in [0.1, 0.15) is 11.5 Å². The lowest BCUT2D eigenvalue weighted by Crippen LogP contribution is -2.34. The van der Waals surface area contributed by atoms with Crippen molar-refractivity contribution < 1.29 is 9.53 Å². The minimum absolute atomic E-state index is 0.0272. The van der Waals surface area contributed by atoms with Crippen molar-refractivity contribution in [2.45, 2.75) is 20.0 Å². The van der Waals surface area contributed by atoms with E-state index in [-0.39, 0.29) is 12.0 Å². The fraction of sp³-hybridized carbons (Fsp3) is 0.375. The quantitative estimate of drug-likeness (QED) is 0.920. The van der Waals surface area contributed by atoms with Gasteiger partial charge in [0.25, 0.3) is 5.91 Å². The number of halogens is 1. The third-order valence-electron chi connectivity index (χ3n) is 3.47. The second-order valence-corrected chi connectivity index (χ2v) is 5.74. The van der Waals surface area contributed by atoms with E-state index in [4.69, 9.17) is 16.3 Å². The van der Waals surface area contributed by atoms with Gasteiger partial charge in [-0.2, -0.15) is 0 Å². The third kappa shape index (κ3) is 3.67. The number of rotatable bonds is 5. The maximum atomic E-state index is 12.5. The van der Waals surface area contributed by atoms with E-state index in [1.807, 2.05) is 32.0 Å². The number of hydrogen-bond donors (Lipinski definition) is 1. The first-order chi connectivity index (χ1) is 10.4. The van der Waals surface area contributed by atoms with Crippen LogP contribution in [-0.4, -0.2) is 47.6 Å². The Labute approximate surface area is 135 Å². The van der Waals surface area contributed by atoms with E-state index in [2.05, 4.69) is 9.97 Å². The summed E-state index contributed by atoms with van der Waals surface area (Å²) in [6.45, 7) is 4.26. The number of imidazole rings is 1. The van der Waals surface area contributed by atoms with E-state index >= 15 is 0 Å². The first-order valence-electron chi connectivity index (χ1n) is 7.03. The Bertz CT molecular complexity index is 669. The van der Waals surface area contributed by atoms with Crippen LogP contribution in [0, 0.1) is 6.92 Å². The molecule has 1 N–H and O–H groups in total. The second-order valence-electron chi connectivity index (χ2n) is 5.30. The highest BCUT2D eigenvalue weighted by molar-refractivity contribution is 6.30. The van der Waals surface area contributed by atoms with Crippen LogP contribution < -0.4 is 0 Å². The number of nitrogens with one attached hydrogen (secondary N) is 1. The van der Waals surface area contributed by atoms with Crippen molar-refractivity contribution in [1.29, 1.82) is 0 Å². The van der Waals surface area contributed by atoms with E-state index < -0.39 is 0 Å². The van der Waals surface area contributed by atoms with E-state index in [1.165, 1.54) is 0 Å². The number of aromatic nitrogens is 2. The number of H-pyrrole nitrogens is 1. The third-order valence-corrected chi connectivity index (χ3v) is 3.70. The van der Waals surface area contributed by atoms with Crippen molar-refractivity contribution in [1.82, 2.24) is 14.9 Å². The van der Waals surface area contributed by atoms with Crippen LogP contribution >= 0.6 is 11.6 Å². The summed E-state index contributed by atoms with van der Waals surface area (Å²) >= 11 is 6.00. The molecule has 0 fully saturated rings. The molecule has 0 bridgehead atoms. The van der Waals surface area contributed by atoms with Gasteiger partial charge in [0, 0.05) is 37.0 Å².